The molecule has 0 radical (unpaired) electrons. The van der Waals surface area contributed by atoms with E-state index in [1.54, 1.807) is 41.6 Å². The summed E-state index contributed by atoms with van der Waals surface area (Å²) in [6.07, 6.45) is 4.05. The predicted octanol–water partition coefficient (Wildman–Crippen LogP) is 3.62. The van der Waals surface area contributed by atoms with Gasteiger partial charge in [-0.1, -0.05) is 6.07 Å². The van der Waals surface area contributed by atoms with E-state index in [1.165, 1.54) is 6.07 Å². The third-order valence-electron chi connectivity index (χ3n) is 5.32. The van der Waals surface area contributed by atoms with Crippen LogP contribution < -0.4 is 15.1 Å². The maximum absolute atomic E-state index is 15.0. The molecule has 3 aromatic rings. The minimum Gasteiger partial charge on any atom is -0.366 e. The summed E-state index contributed by atoms with van der Waals surface area (Å²) in [5.74, 6) is 0.523. The average Bonchev–Trinajstić information content (AvgIpc) is 3.14. The molecule has 5 rings (SSSR count). The van der Waals surface area contributed by atoms with Crippen LogP contribution in [0.4, 0.5) is 26.5 Å². The van der Waals surface area contributed by atoms with Gasteiger partial charge in [0.05, 0.1) is 11.7 Å². The van der Waals surface area contributed by atoms with E-state index < -0.39 is 5.82 Å². The number of fused-ring (bicyclic) bond motifs is 4. The highest BCUT2D eigenvalue weighted by atomic mass is 19.1. The zero-order chi connectivity index (χ0) is 20.0. The maximum Gasteiger partial charge on any atom is 0.329 e. The van der Waals surface area contributed by atoms with E-state index in [4.69, 9.17) is 0 Å². The summed E-state index contributed by atoms with van der Waals surface area (Å²) < 4.78 is 15.0. The predicted molar refractivity (Wildman–Crippen MR) is 109 cm³/mol. The fraction of sp³-hybridized carbons (Fsp3) is 0.238. The van der Waals surface area contributed by atoms with Gasteiger partial charge >= 0.3 is 6.03 Å². The van der Waals surface area contributed by atoms with Gasteiger partial charge in [0.1, 0.15) is 11.5 Å². The first-order valence-electron chi connectivity index (χ1n) is 9.50. The zero-order valence-corrected chi connectivity index (χ0v) is 15.8. The number of rotatable bonds is 2. The number of aromatic nitrogens is 3. The van der Waals surface area contributed by atoms with Gasteiger partial charge in [-0.15, -0.1) is 0 Å². The van der Waals surface area contributed by atoms with Crippen LogP contribution in [0.3, 0.4) is 0 Å². The number of amides is 2. The quantitative estimate of drug-likeness (QED) is 0.724. The van der Waals surface area contributed by atoms with Gasteiger partial charge in [0.2, 0.25) is 0 Å². The van der Waals surface area contributed by atoms with Gasteiger partial charge in [-0.05, 0) is 37.6 Å². The first kappa shape index (κ1) is 17.5. The molecular weight excluding hydrogens is 371 g/mol. The van der Waals surface area contributed by atoms with Crippen molar-refractivity contribution < 1.29 is 9.18 Å². The summed E-state index contributed by atoms with van der Waals surface area (Å²) in [6, 6.07) is 9.98. The Kier molecular flexibility index (Phi) is 4.12. The SMILES string of the molecule is Cc1cc(-c2nc3c(cc2F)N2CC[C@H](C2)N3C(=O)Nc2ccccn2)ccn1. The molecule has 2 amide bonds. The summed E-state index contributed by atoms with van der Waals surface area (Å²) in [6.45, 7) is 3.27. The molecule has 1 saturated heterocycles. The number of carbonyl (C=O) groups is 1. The van der Waals surface area contributed by atoms with Crippen molar-refractivity contribution in [1.82, 2.24) is 15.0 Å². The second-order valence-electron chi connectivity index (χ2n) is 7.25. The molecule has 1 fully saturated rings. The largest absolute Gasteiger partial charge is 0.366 e. The van der Waals surface area contributed by atoms with E-state index in [9.17, 15) is 9.18 Å². The second-order valence-corrected chi connectivity index (χ2v) is 7.25. The highest BCUT2D eigenvalue weighted by Crippen LogP contribution is 2.41. The van der Waals surface area contributed by atoms with Crippen molar-refractivity contribution in [3.8, 4) is 11.3 Å². The van der Waals surface area contributed by atoms with Crippen LogP contribution in [0.5, 0.6) is 0 Å². The van der Waals surface area contributed by atoms with E-state index >= 15 is 0 Å². The van der Waals surface area contributed by atoms with Crippen molar-refractivity contribution in [3.63, 3.8) is 0 Å². The molecule has 0 unspecified atom stereocenters. The summed E-state index contributed by atoms with van der Waals surface area (Å²) >= 11 is 0. The molecule has 1 N–H and O–H groups in total. The molecule has 0 saturated carbocycles. The Balaban J connectivity index is 1.58. The van der Waals surface area contributed by atoms with Crippen LogP contribution in [0.1, 0.15) is 12.1 Å². The lowest BCUT2D eigenvalue weighted by atomic mass is 10.1. The summed E-state index contributed by atoms with van der Waals surface area (Å²) in [7, 11) is 0. The molecule has 2 aliphatic heterocycles. The first-order chi connectivity index (χ1) is 14.1. The lowest BCUT2D eigenvalue weighted by Gasteiger charge is -2.36. The number of nitrogens with one attached hydrogen (secondary N) is 1. The van der Waals surface area contributed by atoms with Gasteiger partial charge in [-0.3, -0.25) is 15.2 Å². The molecule has 7 nitrogen and oxygen atoms in total. The molecule has 2 aliphatic rings. The highest BCUT2D eigenvalue weighted by molar-refractivity contribution is 6.04. The molecule has 8 heteroatoms. The van der Waals surface area contributed by atoms with E-state index in [1.807, 2.05) is 13.0 Å². The molecule has 1 atom stereocenters. The molecular formula is C21H19FN6O. The summed E-state index contributed by atoms with van der Waals surface area (Å²) in [4.78, 5) is 29.8. The van der Waals surface area contributed by atoms with Gasteiger partial charge in [0.15, 0.2) is 11.6 Å². The van der Waals surface area contributed by atoms with Crippen LogP contribution in [-0.2, 0) is 0 Å². The van der Waals surface area contributed by atoms with Crippen LogP contribution in [0.15, 0.2) is 48.8 Å². The number of hydrogen-bond acceptors (Lipinski definition) is 5. The van der Waals surface area contributed by atoms with Crippen molar-refractivity contribution in [2.45, 2.75) is 19.4 Å². The normalized spacial score (nSPS) is 17.2. The highest BCUT2D eigenvalue weighted by Gasteiger charge is 2.41. The Morgan fingerprint density at radius 1 is 1.21 bits per heavy atom. The van der Waals surface area contributed by atoms with E-state index in [2.05, 4.69) is 25.2 Å². The minimum atomic E-state index is -0.412. The standard InChI is InChI=1S/C21H19FN6O/c1-13-10-14(5-8-23-13)19-16(22)11-17-20(26-19)28(15-6-9-27(17)12-15)21(29)25-18-4-2-3-7-24-18/h2-5,7-8,10-11,15H,6,9,12H2,1H3,(H,24,25,29)/t15-/m1/s1. The second kappa shape index (κ2) is 6.80. The van der Waals surface area contributed by atoms with Crippen LogP contribution in [0.2, 0.25) is 0 Å². The molecule has 5 heterocycles. The Bertz CT molecular complexity index is 1090. The van der Waals surface area contributed by atoms with Gasteiger partial charge in [0, 0.05) is 42.8 Å². The third kappa shape index (κ3) is 3.06. The van der Waals surface area contributed by atoms with Crippen LogP contribution in [-0.4, -0.2) is 40.1 Å². The molecule has 3 aromatic heterocycles. The number of nitrogens with zero attached hydrogens (tertiary/aromatic N) is 5. The van der Waals surface area contributed by atoms with E-state index in [0.29, 0.717) is 29.4 Å². The molecule has 2 bridgehead atoms. The van der Waals surface area contributed by atoms with Crippen molar-refractivity contribution in [3.05, 3.63) is 60.3 Å². The number of halogens is 1. The topological polar surface area (TPSA) is 74.2 Å². The number of anilines is 3. The Hall–Kier alpha value is -3.55. The average molecular weight is 390 g/mol. The number of hydrogen-bond donors (Lipinski definition) is 1. The molecule has 0 aliphatic carbocycles. The minimum absolute atomic E-state index is 0.0174. The van der Waals surface area contributed by atoms with E-state index in [0.717, 1.165) is 18.7 Å². The van der Waals surface area contributed by atoms with Gasteiger partial charge in [-0.2, -0.15) is 0 Å². The van der Waals surface area contributed by atoms with Crippen molar-refractivity contribution in [1.29, 1.82) is 0 Å². The van der Waals surface area contributed by atoms with E-state index in [-0.39, 0.29) is 17.8 Å². The van der Waals surface area contributed by atoms with Gasteiger partial charge < -0.3 is 4.90 Å². The smallest absolute Gasteiger partial charge is 0.329 e. The molecule has 146 valence electrons. The van der Waals surface area contributed by atoms with Gasteiger partial charge in [0.25, 0.3) is 0 Å². The summed E-state index contributed by atoms with van der Waals surface area (Å²) in [5.41, 5.74) is 2.26. The Labute approximate surface area is 167 Å². The molecule has 0 spiro atoms. The fourth-order valence-electron chi connectivity index (χ4n) is 3.99. The number of aryl methyl sites for hydroxylation is 1. The Morgan fingerprint density at radius 2 is 2.10 bits per heavy atom. The summed E-state index contributed by atoms with van der Waals surface area (Å²) in [5, 5.41) is 2.83. The van der Waals surface area contributed by atoms with Crippen LogP contribution >= 0.6 is 0 Å². The van der Waals surface area contributed by atoms with Crippen molar-refractivity contribution >= 4 is 23.4 Å². The third-order valence-corrected chi connectivity index (χ3v) is 5.32. The number of urea groups is 1. The van der Waals surface area contributed by atoms with Crippen LogP contribution in [0, 0.1) is 12.7 Å². The maximum atomic E-state index is 15.0. The lowest BCUT2D eigenvalue weighted by molar-refractivity contribution is 0.254. The van der Waals surface area contributed by atoms with Crippen molar-refractivity contribution in [2.24, 2.45) is 0 Å². The lowest BCUT2D eigenvalue weighted by Crippen LogP contribution is -2.48. The zero-order valence-electron chi connectivity index (χ0n) is 15.8. The van der Waals surface area contributed by atoms with Crippen molar-refractivity contribution in [2.75, 3.05) is 28.2 Å². The molecule has 29 heavy (non-hydrogen) atoms. The Morgan fingerprint density at radius 3 is 2.90 bits per heavy atom. The monoisotopic (exact) mass is 390 g/mol. The number of carbonyl (C=O) groups excluding carboxylic acids is 1. The number of pyridine rings is 3. The van der Waals surface area contributed by atoms with Gasteiger partial charge in [-0.25, -0.2) is 19.2 Å². The molecule has 0 aromatic carbocycles. The first-order valence-corrected chi connectivity index (χ1v) is 9.50. The van der Waals surface area contributed by atoms with Crippen LogP contribution in [0.25, 0.3) is 11.3 Å². The fourth-order valence-corrected chi connectivity index (χ4v) is 3.99.